The van der Waals surface area contributed by atoms with Gasteiger partial charge in [-0.25, -0.2) is 0 Å². The number of rotatable bonds is 4. The summed E-state index contributed by atoms with van der Waals surface area (Å²) in [5.74, 6) is 1.63. The van der Waals surface area contributed by atoms with Crippen LogP contribution in [0.5, 0.6) is 5.75 Å². The normalized spacial score (nSPS) is 10.5. The third kappa shape index (κ3) is 2.26. The zero-order valence-electron chi connectivity index (χ0n) is 10.1. The van der Waals surface area contributed by atoms with Crippen molar-refractivity contribution in [2.45, 2.75) is 13.5 Å². The number of ether oxygens (including phenoxy) is 1. The summed E-state index contributed by atoms with van der Waals surface area (Å²) < 4.78 is 6.93. The van der Waals surface area contributed by atoms with Crippen LogP contribution in [-0.4, -0.2) is 34.4 Å². The van der Waals surface area contributed by atoms with Gasteiger partial charge in [-0.05, 0) is 48.2 Å². The van der Waals surface area contributed by atoms with Crippen molar-refractivity contribution in [3.05, 3.63) is 29.6 Å². The van der Waals surface area contributed by atoms with Crippen LogP contribution >= 0.6 is 0 Å². The largest absolute Gasteiger partial charge is 0.496 e. The number of nitrogens with zero attached hydrogens (tertiary/aromatic N) is 4. The zero-order valence-corrected chi connectivity index (χ0v) is 10.1. The van der Waals surface area contributed by atoms with Gasteiger partial charge >= 0.3 is 0 Å². The third-order valence-electron chi connectivity index (χ3n) is 2.49. The van der Waals surface area contributed by atoms with E-state index in [0.717, 1.165) is 22.8 Å². The number of aromatic nitrogens is 4. The zero-order chi connectivity index (χ0) is 12.3. The maximum atomic E-state index is 5.22. The highest BCUT2D eigenvalue weighted by Crippen LogP contribution is 2.20. The lowest BCUT2D eigenvalue weighted by atomic mass is 10.2. The van der Waals surface area contributed by atoms with E-state index in [4.69, 9.17) is 4.74 Å². The maximum Gasteiger partial charge on any atom is 0.170 e. The van der Waals surface area contributed by atoms with Gasteiger partial charge < -0.3 is 10.1 Å². The van der Waals surface area contributed by atoms with E-state index in [1.54, 1.807) is 11.8 Å². The number of hydrogen-bond acceptors (Lipinski definition) is 5. The molecule has 0 amide bonds. The fourth-order valence-corrected chi connectivity index (χ4v) is 1.67. The Hall–Kier alpha value is -1.95. The monoisotopic (exact) mass is 233 g/mol. The molecule has 6 nitrogen and oxygen atoms in total. The number of nitrogens with one attached hydrogen (secondary N) is 1. The Labute approximate surface area is 99.6 Å². The SMILES string of the molecule is CNCc1nnnn1-c1ccc(OC)c(C)c1. The second-order valence-corrected chi connectivity index (χ2v) is 3.69. The highest BCUT2D eigenvalue weighted by molar-refractivity contribution is 5.43. The lowest BCUT2D eigenvalue weighted by molar-refractivity contribution is 0.411. The molecule has 0 radical (unpaired) electrons. The Bertz CT molecular complexity index is 508. The van der Waals surface area contributed by atoms with Crippen molar-refractivity contribution >= 4 is 0 Å². The molecular weight excluding hydrogens is 218 g/mol. The fraction of sp³-hybridized carbons (Fsp3) is 0.364. The van der Waals surface area contributed by atoms with Crippen LogP contribution < -0.4 is 10.1 Å². The van der Waals surface area contributed by atoms with E-state index in [2.05, 4.69) is 20.8 Å². The summed E-state index contributed by atoms with van der Waals surface area (Å²) >= 11 is 0. The van der Waals surface area contributed by atoms with Gasteiger partial charge in [0, 0.05) is 0 Å². The Morgan fingerprint density at radius 1 is 1.41 bits per heavy atom. The van der Waals surface area contributed by atoms with Crippen molar-refractivity contribution < 1.29 is 4.74 Å². The van der Waals surface area contributed by atoms with Crippen molar-refractivity contribution in [1.29, 1.82) is 0 Å². The van der Waals surface area contributed by atoms with Gasteiger partial charge in [-0.2, -0.15) is 4.68 Å². The first-order chi connectivity index (χ1) is 8.26. The molecule has 0 aliphatic carbocycles. The molecule has 6 heteroatoms. The highest BCUT2D eigenvalue weighted by Gasteiger charge is 2.08. The summed E-state index contributed by atoms with van der Waals surface area (Å²) in [6.45, 7) is 2.61. The van der Waals surface area contributed by atoms with Crippen LogP contribution in [0.3, 0.4) is 0 Å². The molecule has 17 heavy (non-hydrogen) atoms. The van der Waals surface area contributed by atoms with Gasteiger partial charge in [0.15, 0.2) is 5.82 Å². The molecule has 0 aliphatic heterocycles. The molecule has 0 unspecified atom stereocenters. The van der Waals surface area contributed by atoms with E-state index in [1.165, 1.54) is 0 Å². The molecule has 0 saturated heterocycles. The molecule has 0 saturated carbocycles. The Kier molecular flexibility index (Phi) is 3.34. The molecule has 1 aromatic heterocycles. The smallest absolute Gasteiger partial charge is 0.170 e. The first-order valence-electron chi connectivity index (χ1n) is 5.33. The predicted octanol–water partition coefficient (Wildman–Crippen LogP) is 0.699. The molecule has 90 valence electrons. The molecule has 2 aromatic rings. The molecule has 1 N–H and O–H groups in total. The Balaban J connectivity index is 2.39. The molecule has 0 atom stereocenters. The Morgan fingerprint density at radius 2 is 2.24 bits per heavy atom. The van der Waals surface area contributed by atoms with Crippen LogP contribution in [0.2, 0.25) is 0 Å². The lowest BCUT2D eigenvalue weighted by Gasteiger charge is -2.08. The van der Waals surface area contributed by atoms with Gasteiger partial charge in [0.2, 0.25) is 0 Å². The minimum Gasteiger partial charge on any atom is -0.496 e. The topological polar surface area (TPSA) is 64.9 Å². The number of aryl methyl sites for hydroxylation is 1. The van der Waals surface area contributed by atoms with E-state index in [0.29, 0.717) is 6.54 Å². The number of methoxy groups -OCH3 is 1. The standard InChI is InChI=1S/C11H15N5O/c1-8-6-9(4-5-10(8)17-3)16-11(7-12-2)13-14-15-16/h4-6,12H,7H2,1-3H3. The summed E-state index contributed by atoms with van der Waals surface area (Å²) in [5, 5.41) is 14.6. The van der Waals surface area contributed by atoms with Crippen LogP contribution in [-0.2, 0) is 6.54 Å². The molecule has 2 rings (SSSR count). The average Bonchev–Trinajstić information content (AvgIpc) is 2.78. The minimum atomic E-state index is 0.623. The Morgan fingerprint density at radius 3 is 2.88 bits per heavy atom. The van der Waals surface area contributed by atoms with Gasteiger partial charge in [0.25, 0.3) is 0 Å². The van der Waals surface area contributed by atoms with Gasteiger partial charge in [-0.1, -0.05) is 0 Å². The van der Waals surface area contributed by atoms with Crippen LogP contribution in [0.4, 0.5) is 0 Å². The van der Waals surface area contributed by atoms with E-state index in [-0.39, 0.29) is 0 Å². The summed E-state index contributed by atoms with van der Waals surface area (Å²) in [5.41, 5.74) is 1.98. The van der Waals surface area contributed by atoms with E-state index in [9.17, 15) is 0 Å². The molecule has 0 bridgehead atoms. The number of tetrazole rings is 1. The molecule has 0 spiro atoms. The fourth-order valence-electron chi connectivity index (χ4n) is 1.67. The third-order valence-corrected chi connectivity index (χ3v) is 2.49. The van der Waals surface area contributed by atoms with Gasteiger partial charge in [-0.3, -0.25) is 0 Å². The van der Waals surface area contributed by atoms with E-state index >= 15 is 0 Å². The van der Waals surface area contributed by atoms with Gasteiger partial charge in [0.05, 0.1) is 19.3 Å². The number of hydrogen-bond donors (Lipinski definition) is 1. The van der Waals surface area contributed by atoms with Gasteiger partial charge in [-0.15, -0.1) is 5.10 Å². The second-order valence-electron chi connectivity index (χ2n) is 3.69. The summed E-state index contributed by atoms with van der Waals surface area (Å²) in [4.78, 5) is 0. The minimum absolute atomic E-state index is 0.623. The van der Waals surface area contributed by atoms with Crippen molar-refractivity contribution in [1.82, 2.24) is 25.5 Å². The molecule has 1 heterocycles. The van der Waals surface area contributed by atoms with E-state index < -0.39 is 0 Å². The van der Waals surface area contributed by atoms with Crippen molar-refractivity contribution in [2.24, 2.45) is 0 Å². The predicted molar refractivity (Wildman–Crippen MR) is 63.2 cm³/mol. The second kappa shape index (κ2) is 4.92. The summed E-state index contributed by atoms with van der Waals surface area (Å²) in [6.07, 6.45) is 0. The number of benzene rings is 1. The first-order valence-corrected chi connectivity index (χ1v) is 5.33. The lowest BCUT2D eigenvalue weighted by Crippen LogP contribution is -2.12. The van der Waals surface area contributed by atoms with E-state index in [1.807, 2.05) is 32.2 Å². The first kappa shape index (κ1) is 11.5. The maximum absolute atomic E-state index is 5.22. The molecule has 0 fully saturated rings. The van der Waals surface area contributed by atoms with Crippen molar-refractivity contribution in [2.75, 3.05) is 14.2 Å². The molecule has 0 aliphatic rings. The summed E-state index contributed by atoms with van der Waals surface area (Å²) in [6, 6.07) is 5.84. The van der Waals surface area contributed by atoms with Crippen LogP contribution in [0.1, 0.15) is 11.4 Å². The van der Waals surface area contributed by atoms with Crippen LogP contribution in [0.25, 0.3) is 5.69 Å². The summed E-state index contributed by atoms with van der Waals surface area (Å²) in [7, 11) is 3.52. The van der Waals surface area contributed by atoms with Crippen LogP contribution in [0, 0.1) is 6.92 Å². The highest BCUT2D eigenvalue weighted by atomic mass is 16.5. The van der Waals surface area contributed by atoms with Gasteiger partial charge in [0.1, 0.15) is 5.75 Å². The van der Waals surface area contributed by atoms with Crippen molar-refractivity contribution in [3.8, 4) is 11.4 Å². The van der Waals surface area contributed by atoms with Crippen molar-refractivity contribution in [3.63, 3.8) is 0 Å². The molecular formula is C11H15N5O. The average molecular weight is 233 g/mol. The molecule has 1 aromatic carbocycles. The quantitative estimate of drug-likeness (QED) is 0.842. The van der Waals surface area contributed by atoms with Crippen LogP contribution in [0.15, 0.2) is 18.2 Å².